The van der Waals surface area contributed by atoms with Crippen molar-refractivity contribution >= 4 is 44.0 Å². The van der Waals surface area contributed by atoms with Gasteiger partial charge in [-0.1, -0.05) is 82.1 Å². The third-order valence-electron chi connectivity index (χ3n) is 4.13. The molecule has 0 aliphatic carbocycles. The van der Waals surface area contributed by atoms with Crippen molar-refractivity contribution in [2.45, 2.75) is 33.1 Å². The van der Waals surface area contributed by atoms with E-state index >= 15 is 0 Å². The van der Waals surface area contributed by atoms with Crippen molar-refractivity contribution in [2.75, 3.05) is 0 Å². The fourth-order valence-electron chi connectivity index (χ4n) is 2.65. The minimum atomic E-state index is -0.0614. The normalized spacial score (nSPS) is 12.4. The Labute approximate surface area is 156 Å². The minimum absolute atomic E-state index is 0.0614. The molecule has 0 saturated heterocycles. The van der Waals surface area contributed by atoms with Crippen LogP contribution in [0.4, 0.5) is 0 Å². The molecular weight excluding hydrogens is 412 g/mol. The highest BCUT2D eigenvalue weighted by atomic mass is 79.9. The lowest BCUT2D eigenvalue weighted by atomic mass is 9.77. The van der Waals surface area contributed by atoms with Crippen LogP contribution in [0.1, 0.15) is 49.9 Å². The molecule has 0 aliphatic heterocycles. The maximum absolute atomic E-state index is 3.63. The monoisotopic (exact) mass is 432 g/mol. The Balaban J connectivity index is 2.53. The van der Waals surface area contributed by atoms with Crippen LogP contribution in [0.15, 0.2) is 57.5 Å². The lowest BCUT2D eigenvalue weighted by Crippen LogP contribution is -2.19. The van der Waals surface area contributed by atoms with Gasteiger partial charge >= 0.3 is 0 Å². The van der Waals surface area contributed by atoms with E-state index in [4.69, 9.17) is 0 Å². The third-order valence-corrected chi connectivity index (χ3v) is 5.57. The number of allylic oxidation sites excluding steroid dienone is 2. The molecule has 0 heterocycles. The molecule has 2 aromatic rings. The zero-order chi connectivity index (χ0) is 17.0. The van der Waals surface area contributed by atoms with E-state index in [1.165, 1.54) is 22.3 Å². The van der Waals surface area contributed by atoms with Crippen molar-refractivity contribution < 1.29 is 0 Å². The van der Waals surface area contributed by atoms with E-state index in [0.717, 1.165) is 8.95 Å². The van der Waals surface area contributed by atoms with Gasteiger partial charge in [0.05, 0.1) is 0 Å². The molecule has 120 valence electrons. The molecule has 0 bridgehead atoms. The Hall–Kier alpha value is -1.12. The molecule has 23 heavy (non-hydrogen) atoms. The van der Waals surface area contributed by atoms with Gasteiger partial charge in [-0.05, 0) is 60.4 Å². The predicted octanol–water partition coefficient (Wildman–Crippen LogP) is 7.60. The topological polar surface area (TPSA) is 0 Å². The molecular formula is C21H22Br2. The molecule has 2 aromatic carbocycles. The number of halogens is 2. The van der Waals surface area contributed by atoms with Gasteiger partial charge < -0.3 is 0 Å². The van der Waals surface area contributed by atoms with Crippen molar-refractivity contribution in [3.8, 4) is 0 Å². The van der Waals surface area contributed by atoms with Gasteiger partial charge in [-0.3, -0.25) is 0 Å². The van der Waals surface area contributed by atoms with Crippen molar-refractivity contribution in [1.29, 1.82) is 0 Å². The highest BCUT2D eigenvalue weighted by Crippen LogP contribution is 2.35. The molecule has 0 fully saturated rings. The molecule has 0 amide bonds. The summed E-state index contributed by atoms with van der Waals surface area (Å²) >= 11 is 7.26. The molecule has 0 spiro atoms. The van der Waals surface area contributed by atoms with Crippen LogP contribution in [-0.2, 0) is 5.41 Å². The SMILES string of the molecule is C/C=C\c1cc(C(C)(C)c2ccc(Br)c(/C=C\C)c2)ccc1Br. The van der Waals surface area contributed by atoms with Gasteiger partial charge in [0.2, 0.25) is 0 Å². The lowest BCUT2D eigenvalue weighted by Gasteiger charge is -2.27. The fraction of sp³-hybridized carbons (Fsp3) is 0.238. The minimum Gasteiger partial charge on any atom is -0.0870 e. The van der Waals surface area contributed by atoms with Gasteiger partial charge in [0.1, 0.15) is 0 Å². The number of benzene rings is 2. The third kappa shape index (κ3) is 4.05. The van der Waals surface area contributed by atoms with Crippen LogP contribution in [0.25, 0.3) is 12.2 Å². The second kappa shape index (κ2) is 7.63. The molecule has 2 rings (SSSR count). The zero-order valence-corrected chi connectivity index (χ0v) is 17.2. The number of hydrogen-bond acceptors (Lipinski definition) is 0. The number of rotatable bonds is 4. The van der Waals surface area contributed by atoms with Gasteiger partial charge in [-0.25, -0.2) is 0 Å². The van der Waals surface area contributed by atoms with Crippen LogP contribution in [0.3, 0.4) is 0 Å². The van der Waals surface area contributed by atoms with Gasteiger partial charge in [0, 0.05) is 14.4 Å². The summed E-state index contributed by atoms with van der Waals surface area (Å²) in [6, 6.07) is 13.2. The van der Waals surface area contributed by atoms with E-state index in [2.05, 4.69) is 106 Å². The van der Waals surface area contributed by atoms with Crippen LogP contribution < -0.4 is 0 Å². The van der Waals surface area contributed by atoms with E-state index in [9.17, 15) is 0 Å². The van der Waals surface area contributed by atoms with E-state index in [0.29, 0.717) is 0 Å². The highest BCUT2D eigenvalue weighted by molar-refractivity contribution is 9.10. The van der Waals surface area contributed by atoms with Crippen molar-refractivity contribution in [3.63, 3.8) is 0 Å². The van der Waals surface area contributed by atoms with Crippen molar-refractivity contribution in [2.24, 2.45) is 0 Å². The molecule has 0 atom stereocenters. The summed E-state index contributed by atoms with van der Waals surface area (Å²) in [6.45, 7) is 8.64. The van der Waals surface area contributed by atoms with E-state index in [1.807, 2.05) is 13.8 Å². The van der Waals surface area contributed by atoms with Gasteiger partial charge in [-0.15, -0.1) is 0 Å². The molecule has 2 heteroatoms. The second-order valence-electron chi connectivity index (χ2n) is 6.10. The molecule has 0 nitrogen and oxygen atoms in total. The summed E-state index contributed by atoms with van der Waals surface area (Å²) in [5, 5.41) is 0. The van der Waals surface area contributed by atoms with Crippen LogP contribution >= 0.6 is 31.9 Å². The first-order valence-corrected chi connectivity index (χ1v) is 9.34. The molecule has 0 unspecified atom stereocenters. The summed E-state index contributed by atoms with van der Waals surface area (Å²) < 4.78 is 2.25. The summed E-state index contributed by atoms with van der Waals surface area (Å²) in [5.41, 5.74) is 4.98. The summed E-state index contributed by atoms with van der Waals surface area (Å²) in [5.74, 6) is 0. The van der Waals surface area contributed by atoms with Crippen molar-refractivity contribution in [1.82, 2.24) is 0 Å². The van der Waals surface area contributed by atoms with Crippen LogP contribution in [0.5, 0.6) is 0 Å². The molecule has 0 N–H and O–H groups in total. The number of hydrogen-bond donors (Lipinski definition) is 0. The highest BCUT2D eigenvalue weighted by Gasteiger charge is 2.24. The average Bonchev–Trinajstić information content (AvgIpc) is 2.51. The maximum atomic E-state index is 3.63. The van der Waals surface area contributed by atoms with Crippen LogP contribution in [0, 0.1) is 0 Å². The Morgan fingerprint density at radius 3 is 1.48 bits per heavy atom. The van der Waals surface area contributed by atoms with Gasteiger partial charge in [0.15, 0.2) is 0 Å². The molecule has 0 radical (unpaired) electrons. The zero-order valence-electron chi connectivity index (χ0n) is 14.0. The lowest BCUT2D eigenvalue weighted by molar-refractivity contribution is 0.640. The van der Waals surface area contributed by atoms with E-state index < -0.39 is 0 Å². The first-order chi connectivity index (χ1) is 10.9. The molecule has 0 saturated carbocycles. The standard InChI is InChI=1S/C21H22Br2/c1-5-7-15-13-17(9-11-19(15)22)21(3,4)18-10-12-20(23)16(14-18)8-6-2/h5-14H,1-4H3/b7-5-,8-6-. The van der Waals surface area contributed by atoms with Crippen LogP contribution in [-0.4, -0.2) is 0 Å². The predicted molar refractivity (Wildman–Crippen MR) is 110 cm³/mol. The smallest absolute Gasteiger partial charge is 0.0247 e. The van der Waals surface area contributed by atoms with E-state index in [1.54, 1.807) is 0 Å². The molecule has 0 aromatic heterocycles. The Kier molecular flexibility index (Phi) is 6.05. The quantitative estimate of drug-likeness (QED) is 0.465. The maximum Gasteiger partial charge on any atom is 0.0247 e. The first kappa shape index (κ1) is 18.2. The van der Waals surface area contributed by atoms with Gasteiger partial charge in [-0.2, -0.15) is 0 Å². The second-order valence-corrected chi connectivity index (χ2v) is 7.81. The Morgan fingerprint density at radius 1 is 0.739 bits per heavy atom. The van der Waals surface area contributed by atoms with E-state index in [-0.39, 0.29) is 5.41 Å². The summed E-state index contributed by atoms with van der Waals surface area (Å²) in [4.78, 5) is 0. The first-order valence-electron chi connectivity index (χ1n) is 7.75. The van der Waals surface area contributed by atoms with Crippen LogP contribution in [0.2, 0.25) is 0 Å². The fourth-order valence-corrected chi connectivity index (χ4v) is 3.40. The Morgan fingerprint density at radius 2 is 1.13 bits per heavy atom. The van der Waals surface area contributed by atoms with Gasteiger partial charge in [0.25, 0.3) is 0 Å². The summed E-state index contributed by atoms with van der Waals surface area (Å²) in [6.07, 6.45) is 8.41. The Bertz CT molecular complexity index is 689. The van der Waals surface area contributed by atoms with Crippen molar-refractivity contribution in [3.05, 3.63) is 79.7 Å². The average molecular weight is 434 g/mol. The largest absolute Gasteiger partial charge is 0.0870 e. The molecule has 0 aliphatic rings. The summed E-state index contributed by atoms with van der Waals surface area (Å²) in [7, 11) is 0.